The Morgan fingerprint density at radius 2 is 1.36 bits per heavy atom. The molecule has 14 heteroatoms. The second-order valence-electron chi connectivity index (χ2n) is 9.58. The van der Waals surface area contributed by atoms with Crippen molar-refractivity contribution in [3.63, 3.8) is 0 Å². The summed E-state index contributed by atoms with van der Waals surface area (Å²) in [6, 6.07) is 12.3. The Morgan fingerprint density at radius 3 is 1.91 bits per heavy atom. The van der Waals surface area contributed by atoms with Crippen molar-refractivity contribution in [1.82, 2.24) is 20.4 Å². The zero-order valence-corrected chi connectivity index (χ0v) is 26.0. The Labute approximate surface area is 269 Å². The lowest BCUT2D eigenvalue weighted by Crippen LogP contribution is -2.23. The highest BCUT2D eigenvalue weighted by Gasteiger charge is 2.35. The van der Waals surface area contributed by atoms with Gasteiger partial charge in [-0.3, -0.25) is 14.4 Å². The first-order chi connectivity index (χ1) is 22.6. The minimum absolute atomic E-state index is 0.0356. The summed E-state index contributed by atoms with van der Waals surface area (Å²) in [5.41, 5.74) is 1.17. The minimum atomic E-state index is -0.791. The highest BCUT2D eigenvalue weighted by molar-refractivity contribution is 6.53. The van der Waals surface area contributed by atoms with Crippen LogP contribution in [0.2, 0.25) is 0 Å². The zero-order valence-electron chi connectivity index (χ0n) is 26.0. The number of nitrogens with one attached hydrogen (secondary N) is 2. The quantitative estimate of drug-likeness (QED) is 0.161. The first-order valence-electron chi connectivity index (χ1n) is 14.4. The van der Waals surface area contributed by atoms with E-state index in [0.717, 1.165) is 9.69 Å². The number of allylic oxidation sites excluding steroid dienone is 4. The Bertz CT molecular complexity index is 1820. The SMILES string of the molecule is CCOC(=O)C1=NN(c2ccc(C(=O)NC)cc2)C(=O)/C1=C\C=CC=Cc1c(C(=O)OCC)nn(-c2ccc(C(=O)NC)cc2)c1O. The predicted octanol–water partition coefficient (Wildman–Crippen LogP) is 2.94. The zero-order chi connectivity index (χ0) is 34.1. The Hall–Kier alpha value is -6.31. The van der Waals surface area contributed by atoms with E-state index in [1.165, 1.54) is 68.7 Å². The number of carbonyl (C=O) groups excluding carboxylic acids is 5. The molecule has 14 nitrogen and oxygen atoms in total. The van der Waals surface area contributed by atoms with E-state index in [2.05, 4.69) is 20.8 Å². The lowest BCUT2D eigenvalue weighted by Gasteiger charge is -2.11. The van der Waals surface area contributed by atoms with Gasteiger partial charge in [-0.15, -0.1) is 0 Å². The first kappa shape index (κ1) is 33.6. The van der Waals surface area contributed by atoms with E-state index >= 15 is 0 Å². The number of esters is 2. The highest BCUT2D eigenvalue weighted by Crippen LogP contribution is 2.28. The molecule has 3 amide bonds. The molecule has 0 saturated heterocycles. The average Bonchev–Trinajstić information content (AvgIpc) is 3.60. The van der Waals surface area contributed by atoms with Gasteiger partial charge < -0.3 is 25.2 Å². The van der Waals surface area contributed by atoms with Gasteiger partial charge in [0, 0.05) is 25.2 Å². The number of hydrazone groups is 1. The molecule has 0 aliphatic carbocycles. The van der Waals surface area contributed by atoms with Crippen LogP contribution >= 0.6 is 0 Å². The first-order valence-corrected chi connectivity index (χ1v) is 14.4. The van der Waals surface area contributed by atoms with Crippen molar-refractivity contribution in [2.75, 3.05) is 32.3 Å². The van der Waals surface area contributed by atoms with E-state index < -0.39 is 17.8 Å². The molecule has 2 aromatic carbocycles. The van der Waals surface area contributed by atoms with E-state index in [4.69, 9.17) is 9.47 Å². The molecule has 0 radical (unpaired) electrons. The van der Waals surface area contributed by atoms with E-state index in [0.29, 0.717) is 22.5 Å². The molecule has 0 fully saturated rings. The van der Waals surface area contributed by atoms with E-state index in [1.54, 1.807) is 38.1 Å². The number of hydrogen-bond acceptors (Lipinski definition) is 10. The van der Waals surface area contributed by atoms with Gasteiger partial charge in [0.15, 0.2) is 11.4 Å². The molecular weight excluding hydrogens is 608 g/mol. The van der Waals surface area contributed by atoms with Crippen LogP contribution in [0.1, 0.15) is 50.6 Å². The van der Waals surface area contributed by atoms with Gasteiger partial charge in [-0.1, -0.05) is 18.2 Å². The van der Waals surface area contributed by atoms with Gasteiger partial charge >= 0.3 is 11.9 Å². The molecule has 3 aromatic rings. The van der Waals surface area contributed by atoms with Crippen LogP contribution in [0.5, 0.6) is 5.88 Å². The third-order valence-electron chi connectivity index (χ3n) is 6.66. The Morgan fingerprint density at radius 1 is 0.809 bits per heavy atom. The second kappa shape index (κ2) is 15.1. The summed E-state index contributed by atoms with van der Waals surface area (Å²) in [7, 11) is 3.01. The largest absolute Gasteiger partial charge is 0.493 e. The molecule has 47 heavy (non-hydrogen) atoms. The number of nitrogens with zero attached hydrogens (tertiary/aromatic N) is 4. The topological polar surface area (TPSA) is 182 Å². The van der Waals surface area contributed by atoms with Crippen molar-refractivity contribution in [2.24, 2.45) is 5.10 Å². The number of benzene rings is 2. The fourth-order valence-electron chi connectivity index (χ4n) is 4.36. The Kier molecular flexibility index (Phi) is 10.8. The summed E-state index contributed by atoms with van der Waals surface area (Å²) in [5.74, 6) is -3.09. The third kappa shape index (κ3) is 7.33. The van der Waals surface area contributed by atoms with Crippen molar-refractivity contribution < 1.29 is 38.6 Å². The summed E-state index contributed by atoms with van der Waals surface area (Å²) < 4.78 is 11.3. The fraction of sp³-hybridized carbons (Fsp3) is 0.182. The minimum Gasteiger partial charge on any atom is -0.493 e. The molecule has 0 spiro atoms. The predicted molar refractivity (Wildman–Crippen MR) is 172 cm³/mol. The van der Waals surface area contributed by atoms with Gasteiger partial charge in [0.25, 0.3) is 17.7 Å². The van der Waals surface area contributed by atoms with Crippen LogP contribution in [0.25, 0.3) is 11.8 Å². The van der Waals surface area contributed by atoms with E-state index in [1.807, 2.05) is 0 Å². The molecule has 1 aliphatic rings. The number of rotatable bonds is 11. The average molecular weight is 641 g/mol. The van der Waals surface area contributed by atoms with Crippen molar-refractivity contribution >= 4 is 47.1 Å². The molecule has 2 heterocycles. The van der Waals surface area contributed by atoms with Gasteiger partial charge in [-0.05, 0) is 74.5 Å². The Balaban J connectivity index is 1.62. The van der Waals surface area contributed by atoms with Gasteiger partial charge in [-0.2, -0.15) is 19.9 Å². The second-order valence-corrected chi connectivity index (χ2v) is 9.58. The van der Waals surface area contributed by atoms with Crippen LogP contribution in [0, 0.1) is 0 Å². The standard InChI is InChI=1S/C33H32N6O8/c1-5-46-32(44)26-24(30(42)38(36-26)22-16-12-20(13-17-22)28(40)34-3)10-8-7-9-11-25-27(33(45)47-6-2)37-39(31(25)43)23-18-14-21(15-19-23)29(41)35-4/h7-19,42H,5-6H2,1-4H3,(H,34,40)(H,35,41)/b9-7?,10-8?,25-11-. The molecule has 1 aliphatic heterocycles. The summed E-state index contributed by atoms with van der Waals surface area (Å²) in [6.45, 7) is 3.41. The number of aromatic hydroxyl groups is 1. The van der Waals surface area contributed by atoms with Gasteiger partial charge in [-0.25, -0.2) is 9.59 Å². The summed E-state index contributed by atoms with van der Waals surface area (Å²) in [5, 5.41) is 25.5. The van der Waals surface area contributed by atoms with E-state index in [-0.39, 0.29) is 53.5 Å². The van der Waals surface area contributed by atoms with Crippen molar-refractivity contribution in [1.29, 1.82) is 0 Å². The maximum absolute atomic E-state index is 13.3. The van der Waals surface area contributed by atoms with Crippen molar-refractivity contribution in [3.8, 4) is 11.6 Å². The van der Waals surface area contributed by atoms with Crippen LogP contribution < -0.4 is 15.6 Å². The number of amides is 3. The lowest BCUT2D eigenvalue weighted by atomic mass is 10.1. The molecule has 4 rings (SSSR count). The van der Waals surface area contributed by atoms with Gasteiger partial charge in [0.2, 0.25) is 5.88 Å². The summed E-state index contributed by atoms with van der Waals surface area (Å²) in [6.07, 6.45) is 7.28. The maximum atomic E-state index is 13.3. The fourth-order valence-corrected chi connectivity index (χ4v) is 4.36. The molecule has 0 saturated carbocycles. The number of ether oxygens (including phenoxy) is 2. The maximum Gasteiger partial charge on any atom is 0.359 e. The number of hydrogen-bond donors (Lipinski definition) is 3. The molecule has 242 valence electrons. The number of anilines is 1. The normalized spacial score (nSPS) is 13.7. The molecule has 1 aromatic heterocycles. The van der Waals surface area contributed by atoms with Gasteiger partial charge in [0.05, 0.1) is 35.7 Å². The van der Waals surface area contributed by atoms with Crippen LogP contribution in [-0.2, 0) is 19.1 Å². The smallest absolute Gasteiger partial charge is 0.359 e. The van der Waals surface area contributed by atoms with Crippen LogP contribution in [-0.4, -0.2) is 77.6 Å². The highest BCUT2D eigenvalue weighted by atomic mass is 16.5. The molecule has 0 unspecified atom stereocenters. The molecular formula is C33H32N6O8. The molecule has 3 N–H and O–H groups in total. The van der Waals surface area contributed by atoms with Crippen LogP contribution in [0.4, 0.5) is 5.69 Å². The monoisotopic (exact) mass is 640 g/mol. The number of aromatic nitrogens is 2. The van der Waals surface area contributed by atoms with E-state index in [9.17, 15) is 29.1 Å². The van der Waals surface area contributed by atoms with Crippen molar-refractivity contribution in [2.45, 2.75) is 13.8 Å². The summed E-state index contributed by atoms with van der Waals surface area (Å²) in [4.78, 5) is 62.4. The number of carbonyl (C=O) groups is 5. The third-order valence-corrected chi connectivity index (χ3v) is 6.66. The molecule has 0 atom stereocenters. The van der Waals surface area contributed by atoms with Crippen molar-refractivity contribution in [3.05, 3.63) is 101 Å². The summed E-state index contributed by atoms with van der Waals surface area (Å²) >= 11 is 0. The van der Waals surface area contributed by atoms with Gasteiger partial charge in [0.1, 0.15) is 0 Å². The molecule has 0 bridgehead atoms. The lowest BCUT2D eigenvalue weighted by molar-refractivity contribution is -0.135. The van der Waals surface area contributed by atoms with Crippen LogP contribution in [0.3, 0.4) is 0 Å². The van der Waals surface area contributed by atoms with Crippen LogP contribution in [0.15, 0.2) is 83.5 Å².